The maximum absolute atomic E-state index is 4.29. The molecule has 0 unspecified atom stereocenters. The van der Waals surface area contributed by atoms with Gasteiger partial charge in [0, 0.05) is 38.6 Å². The molecule has 0 N–H and O–H groups in total. The average molecular weight is 296 g/mol. The van der Waals surface area contributed by atoms with E-state index in [9.17, 15) is 0 Å². The third-order valence-corrected chi connectivity index (χ3v) is 3.68. The molecule has 2 rings (SSSR count). The summed E-state index contributed by atoms with van der Waals surface area (Å²) in [5.41, 5.74) is 4.05. The maximum atomic E-state index is 4.29. The summed E-state index contributed by atoms with van der Waals surface area (Å²) in [5.74, 6) is 0. The van der Waals surface area contributed by atoms with Gasteiger partial charge in [-0.1, -0.05) is 0 Å². The van der Waals surface area contributed by atoms with Gasteiger partial charge in [0.1, 0.15) is 0 Å². The molecule has 0 atom stereocenters. The fraction of sp³-hybridized carbons (Fsp3) is 0.333. The van der Waals surface area contributed by atoms with Gasteiger partial charge in [-0.2, -0.15) is 10.2 Å². The van der Waals surface area contributed by atoms with Gasteiger partial charge in [-0.05, 0) is 62.4 Å². The molecule has 0 aliphatic rings. The van der Waals surface area contributed by atoms with E-state index in [1.54, 1.807) is 0 Å². The van der Waals surface area contributed by atoms with Gasteiger partial charge in [-0.3, -0.25) is 0 Å². The van der Waals surface area contributed by atoms with Crippen molar-refractivity contribution >= 4 is 22.7 Å². The Hall–Kier alpha value is -2.36. The number of azo groups is 1. The van der Waals surface area contributed by atoms with Gasteiger partial charge in [0.15, 0.2) is 0 Å². The minimum Gasteiger partial charge on any atom is -0.378 e. The van der Waals surface area contributed by atoms with Crippen molar-refractivity contribution in [3.63, 3.8) is 0 Å². The molecule has 0 radical (unpaired) electrons. The maximum Gasteiger partial charge on any atom is 0.0858 e. The summed E-state index contributed by atoms with van der Waals surface area (Å²) in [6.45, 7) is 4.34. The quantitative estimate of drug-likeness (QED) is 0.726. The van der Waals surface area contributed by atoms with Crippen molar-refractivity contribution in [2.45, 2.75) is 19.9 Å². The molecule has 0 aliphatic carbocycles. The van der Waals surface area contributed by atoms with Crippen molar-refractivity contribution in [1.29, 1.82) is 0 Å². The summed E-state index contributed by atoms with van der Waals surface area (Å²) in [6, 6.07) is 16.6. The van der Waals surface area contributed by atoms with E-state index in [0.29, 0.717) is 6.04 Å². The first-order chi connectivity index (χ1) is 10.5. The second kappa shape index (κ2) is 7.07. The fourth-order valence-electron chi connectivity index (χ4n) is 1.99. The van der Waals surface area contributed by atoms with Gasteiger partial charge >= 0.3 is 0 Å². The van der Waals surface area contributed by atoms with Crippen molar-refractivity contribution in [1.82, 2.24) is 0 Å². The Kier molecular flexibility index (Phi) is 5.15. The molecule has 116 valence electrons. The van der Waals surface area contributed by atoms with Crippen LogP contribution in [-0.2, 0) is 0 Å². The van der Waals surface area contributed by atoms with Crippen molar-refractivity contribution in [3.8, 4) is 0 Å². The van der Waals surface area contributed by atoms with Crippen LogP contribution >= 0.6 is 0 Å². The van der Waals surface area contributed by atoms with Crippen molar-refractivity contribution in [2.75, 3.05) is 30.9 Å². The van der Waals surface area contributed by atoms with E-state index in [0.717, 1.165) is 17.1 Å². The summed E-state index contributed by atoms with van der Waals surface area (Å²) in [7, 11) is 6.13. The van der Waals surface area contributed by atoms with Crippen LogP contribution in [0, 0.1) is 0 Å². The second-order valence-corrected chi connectivity index (χ2v) is 5.83. The van der Waals surface area contributed by atoms with Crippen LogP contribution < -0.4 is 9.80 Å². The molecular formula is C18H24N4. The monoisotopic (exact) mass is 296 g/mol. The SMILES string of the molecule is CC(C)N(C)c1ccc(/N=N/c2ccc(N(C)C)cc2)cc1. The average Bonchev–Trinajstić information content (AvgIpc) is 2.53. The third-order valence-electron chi connectivity index (χ3n) is 3.68. The standard InChI is InChI=1S/C18H24N4/c1-14(2)22(5)18-12-8-16(9-13-18)20-19-15-6-10-17(11-7-15)21(3)4/h6-14H,1-5H3/b20-19+. The molecular weight excluding hydrogens is 272 g/mol. The summed E-state index contributed by atoms with van der Waals surface area (Å²) >= 11 is 0. The first kappa shape index (κ1) is 16.0. The summed E-state index contributed by atoms with van der Waals surface area (Å²) in [6.07, 6.45) is 0. The Morgan fingerprint density at radius 3 is 1.45 bits per heavy atom. The lowest BCUT2D eigenvalue weighted by Crippen LogP contribution is -2.25. The Bertz CT molecular complexity index is 613. The summed E-state index contributed by atoms with van der Waals surface area (Å²) in [5, 5.41) is 8.57. The molecule has 4 heteroatoms. The van der Waals surface area contributed by atoms with E-state index in [-0.39, 0.29) is 0 Å². The van der Waals surface area contributed by atoms with Crippen LogP contribution in [0.1, 0.15) is 13.8 Å². The van der Waals surface area contributed by atoms with Crippen LogP contribution in [0.15, 0.2) is 58.8 Å². The number of benzene rings is 2. The highest BCUT2D eigenvalue weighted by atomic mass is 15.1. The van der Waals surface area contributed by atoms with E-state index >= 15 is 0 Å². The predicted molar refractivity (Wildman–Crippen MR) is 94.9 cm³/mol. The number of rotatable bonds is 5. The Labute approximate surface area is 133 Å². The first-order valence-corrected chi connectivity index (χ1v) is 7.49. The molecule has 2 aromatic rings. The molecule has 22 heavy (non-hydrogen) atoms. The molecule has 0 spiro atoms. The van der Waals surface area contributed by atoms with Gasteiger partial charge in [-0.25, -0.2) is 0 Å². The number of nitrogens with zero attached hydrogens (tertiary/aromatic N) is 4. The molecule has 2 aromatic carbocycles. The van der Waals surface area contributed by atoms with Crippen LogP contribution in [0.4, 0.5) is 22.7 Å². The highest BCUT2D eigenvalue weighted by Gasteiger charge is 2.04. The Morgan fingerprint density at radius 1 is 0.682 bits per heavy atom. The molecule has 0 heterocycles. The van der Waals surface area contributed by atoms with E-state index in [2.05, 4.69) is 53.1 Å². The van der Waals surface area contributed by atoms with Crippen LogP contribution in [0.2, 0.25) is 0 Å². The first-order valence-electron chi connectivity index (χ1n) is 7.49. The van der Waals surface area contributed by atoms with Crippen LogP contribution in [0.25, 0.3) is 0 Å². The predicted octanol–water partition coefficient (Wildman–Crippen LogP) is 5.01. The van der Waals surface area contributed by atoms with Gasteiger partial charge in [-0.15, -0.1) is 0 Å². The van der Waals surface area contributed by atoms with Crippen LogP contribution in [0.5, 0.6) is 0 Å². The highest BCUT2D eigenvalue weighted by Crippen LogP contribution is 2.23. The molecule has 4 nitrogen and oxygen atoms in total. The molecule has 0 bridgehead atoms. The topological polar surface area (TPSA) is 31.2 Å². The molecule has 0 aromatic heterocycles. The van der Waals surface area contributed by atoms with Crippen LogP contribution in [-0.4, -0.2) is 27.2 Å². The zero-order valence-electron chi connectivity index (χ0n) is 14.0. The second-order valence-electron chi connectivity index (χ2n) is 5.83. The zero-order chi connectivity index (χ0) is 16.1. The van der Waals surface area contributed by atoms with Gasteiger partial charge < -0.3 is 9.80 Å². The van der Waals surface area contributed by atoms with E-state index in [1.165, 1.54) is 5.69 Å². The smallest absolute Gasteiger partial charge is 0.0858 e. The molecule has 0 saturated carbocycles. The normalized spacial score (nSPS) is 11.2. The largest absolute Gasteiger partial charge is 0.378 e. The van der Waals surface area contributed by atoms with Gasteiger partial charge in [0.25, 0.3) is 0 Å². The highest BCUT2D eigenvalue weighted by molar-refractivity contribution is 5.54. The van der Waals surface area contributed by atoms with Gasteiger partial charge in [0.2, 0.25) is 0 Å². The van der Waals surface area contributed by atoms with Gasteiger partial charge in [0.05, 0.1) is 11.4 Å². The molecule has 0 fully saturated rings. The van der Waals surface area contributed by atoms with Crippen molar-refractivity contribution < 1.29 is 0 Å². The lowest BCUT2D eigenvalue weighted by atomic mass is 10.2. The lowest BCUT2D eigenvalue weighted by molar-refractivity contribution is 0.755. The number of hydrogen-bond acceptors (Lipinski definition) is 4. The third kappa shape index (κ3) is 4.07. The minimum atomic E-state index is 0.475. The lowest BCUT2D eigenvalue weighted by Gasteiger charge is -2.23. The molecule has 0 amide bonds. The van der Waals surface area contributed by atoms with Crippen molar-refractivity contribution in [2.24, 2.45) is 10.2 Å². The number of hydrogen-bond donors (Lipinski definition) is 0. The Morgan fingerprint density at radius 2 is 1.09 bits per heavy atom. The van der Waals surface area contributed by atoms with Crippen molar-refractivity contribution in [3.05, 3.63) is 48.5 Å². The van der Waals surface area contributed by atoms with E-state index in [1.807, 2.05) is 50.5 Å². The zero-order valence-corrected chi connectivity index (χ0v) is 14.0. The minimum absolute atomic E-state index is 0.475. The van der Waals surface area contributed by atoms with Crippen LogP contribution in [0.3, 0.4) is 0 Å². The number of anilines is 2. The summed E-state index contributed by atoms with van der Waals surface area (Å²) < 4.78 is 0. The molecule has 0 saturated heterocycles. The fourth-order valence-corrected chi connectivity index (χ4v) is 1.99. The van der Waals surface area contributed by atoms with E-state index in [4.69, 9.17) is 0 Å². The summed E-state index contributed by atoms with van der Waals surface area (Å²) in [4.78, 5) is 4.28. The Balaban J connectivity index is 2.07. The van der Waals surface area contributed by atoms with E-state index < -0.39 is 0 Å². The molecule has 0 aliphatic heterocycles.